The zero-order chi connectivity index (χ0) is 11.6. The summed E-state index contributed by atoms with van der Waals surface area (Å²) < 4.78 is 0. The van der Waals surface area contributed by atoms with E-state index in [9.17, 15) is 5.11 Å². The van der Waals surface area contributed by atoms with Gasteiger partial charge < -0.3 is 10.4 Å². The van der Waals surface area contributed by atoms with E-state index < -0.39 is 5.60 Å². The molecule has 0 aromatic heterocycles. The third-order valence-corrected chi connectivity index (χ3v) is 5.72. The molecule has 0 bridgehead atoms. The fraction of sp³-hybridized carbons (Fsp3) is 1.00. The van der Waals surface area contributed by atoms with Gasteiger partial charge >= 0.3 is 0 Å². The second-order valence-corrected chi connectivity index (χ2v) is 6.89. The minimum atomic E-state index is -0.426. The highest BCUT2D eigenvalue weighted by Gasteiger charge is 2.34. The number of hydrogen-bond donors (Lipinski definition) is 2. The first kappa shape index (κ1) is 12.7. The van der Waals surface area contributed by atoms with E-state index >= 15 is 0 Å². The maximum atomic E-state index is 10.3. The average molecular weight is 243 g/mol. The third kappa shape index (κ3) is 2.93. The molecule has 0 aromatic carbocycles. The van der Waals surface area contributed by atoms with Crippen LogP contribution in [0.5, 0.6) is 0 Å². The molecule has 0 aromatic rings. The van der Waals surface area contributed by atoms with Crippen molar-refractivity contribution < 1.29 is 5.11 Å². The van der Waals surface area contributed by atoms with E-state index in [0.29, 0.717) is 6.04 Å². The van der Waals surface area contributed by atoms with Crippen LogP contribution < -0.4 is 5.32 Å². The lowest BCUT2D eigenvalue weighted by atomic mass is 9.78. The Morgan fingerprint density at radius 3 is 2.88 bits per heavy atom. The van der Waals surface area contributed by atoms with Gasteiger partial charge in [-0.3, -0.25) is 0 Å². The van der Waals surface area contributed by atoms with Crippen LogP contribution in [-0.4, -0.2) is 34.8 Å². The van der Waals surface area contributed by atoms with E-state index in [4.69, 9.17) is 0 Å². The summed E-state index contributed by atoms with van der Waals surface area (Å²) >= 11 is 1.88. The Kier molecular flexibility index (Phi) is 4.20. The van der Waals surface area contributed by atoms with Crippen LogP contribution in [-0.2, 0) is 0 Å². The van der Waals surface area contributed by atoms with Crippen molar-refractivity contribution in [1.82, 2.24) is 5.32 Å². The van der Waals surface area contributed by atoms with Crippen LogP contribution in [0, 0.1) is 11.8 Å². The van der Waals surface area contributed by atoms with Gasteiger partial charge in [0, 0.05) is 18.3 Å². The quantitative estimate of drug-likeness (QED) is 0.797. The van der Waals surface area contributed by atoms with Crippen LogP contribution in [0.3, 0.4) is 0 Å². The molecule has 1 aliphatic carbocycles. The molecular weight excluding hydrogens is 218 g/mol. The summed E-state index contributed by atoms with van der Waals surface area (Å²) in [7, 11) is 0. The molecule has 1 heterocycles. The van der Waals surface area contributed by atoms with Gasteiger partial charge in [0.25, 0.3) is 0 Å². The van der Waals surface area contributed by atoms with Crippen molar-refractivity contribution in [1.29, 1.82) is 0 Å². The maximum absolute atomic E-state index is 10.3. The second kappa shape index (κ2) is 5.28. The van der Waals surface area contributed by atoms with Crippen molar-refractivity contribution in [2.45, 2.75) is 51.2 Å². The largest absolute Gasteiger partial charge is 0.388 e. The van der Waals surface area contributed by atoms with Gasteiger partial charge in [0.2, 0.25) is 0 Å². The minimum absolute atomic E-state index is 0.426. The summed E-state index contributed by atoms with van der Waals surface area (Å²) in [6.45, 7) is 5.51. The first-order valence-electron chi connectivity index (χ1n) is 6.64. The van der Waals surface area contributed by atoms with E-state index in [0.717, 1.165) is 36.3 Å². The van der Waals surface area contributed by atoms with Gasteiger partial charge in [-0.25, -0.2) is 0 Å². The van der Waals surface area contributed by atoms with Gasteiger partial charge in [0.15, 0.2) is 0 Å². The van der Waals surface area contributed by atoms with E-state index in [1.807, 2.05) is 11.8 Å². The summed E-state index contributed by atoms with van der Waals surface area (Å²) in [4.78, 5) is 0. The van der Waals surface area contributed by atoms with Crippen LogP contribution >= 0.6 is 11.8 Å². The lowest BCUT2D eigenvalue weighted by Gasteiger charge is -2.36. The Morgan fingerprint density at radius 1 is 1.38 bits per heavy atom. The SMILES string of the molecule is C[C@@H]1[C@H](C)CCC[C@@H]1NC[C@]1(O)CCSC1. The molecule has 2 nitrogen and oxygen atoms in total. The number of rotatable bonds is 3. The molecule has 2 N–H and O–H groups in total. The van der Waals surface area contributed by atoms with Crippen LogP contribution in [0.15, 0.2) is 0 Å². The fourth-order valence-electron chi connectivity index (χ4n) is 2.93. The van der Waals surface area contributed by atoms with E-state index in [-0.39, 0.29) is 0 Å². The Morgan fingerprint density at radius 2 is 2.19 bits per heavy atom. The first-order valence-corrected chi connectivity index (χ1v) is 7.80. The molecule has 2 rings (SSSR count). The molecule has 94 valence electrons. The summed E-state index contributed by atoms with van der Waals surface area (Å²) in [6, 6.07) is 0.623. The molecule has 0 unspecified atom stereocenters. The number of nitrogens with one attached hydrogen (secondary N) is 1. The zero-order valence-corrected chi connectivity index (χ0v) is 11.4. The molecule has 4 atom stereocenters. The molecule has 1 saturated carbocycles. The molecule has 0 amide bonds. The summed E-state index contributed by atoms with van der Waals surface area (Å²) in [6.07, 6.45) is 4.96. The molecule has 2 aliphatic rings. The molecule has 3 heteroatoms. The Balaban J connectivity index is 1.80. The van der Waals surface area contributed by atoms with Crippen molar-refractivity contribution >= 4 is 11.8 Å². The third-order valence-electron chi connectivity index (χ3n) is 4.48. The highest BCUT2D eigenvalue weighted by atomic mass is 32.2. The monoisotopic (exact) mass is 243 g/mol. The van der Waals surface area contributed by atoms with E-state index in [2.05, 4.69) is 19.2 Å². The fourth-order valence-corrected chi connectivity index (χ4v) is 4.22. The van der Waals surface area contributed by atoms with E-state index in [1.54, 1.807) is 0 Å². The molecule has 0 radical (unpaired) electrons. The Hall–Kier alpha value is 0.270. The van der Waals surface area contributed by atoms with Crippen LogP contribution in [0.1, 0.15) is 39.5 Å². The van der Waals surface area contributed by atoms with Gasteiger partial charge in [-0.1, -0.05) is 26.7 Å². The average Bonchev–Trinajstić information content (AvgIpc) is 2.68. The Labute approximate surface area is 104 Å². The molecule has 16 heavy (non-hydrogen) atoms. The minimum Gasteiger partial charge on any atom is -0.388 e. The molecule has 2 fully saturated rings. The highest BCUT2D eigenvalue weighted by Crippen LogP contribution is 2.31. The van der Waals surface area contributed by atoms with Gasteiger partial charge in [-0.05, 0) is 30.4 Å². The summed E-state index contributed by atoms with van der Waals surface area (Å²) in [5.74, 6) is 3.62. The van der Waals surface area contributed by atoms with Crippen molar-refractivity contribution in [3.8, 4) is 0 Å². The van der Waals surface area contributed by atoms with E-state index in [1.165, 1.54) is 19.3 Å². The van der Waals surface area contributed by atoms with Crippen LogP contribution in [0.2, 0.25) is 0 Å². The lowest BCUT2D eigenvalue weighted by molar-refractivity contribution is 0.0571. The van der Waals surface area contributed by atoms with Gasteiger partial charge in [-0.2, -0.15) is 11.8 Å². The predicted octanol–water partition coefficient (Wildman–Crippen LogP) is 2.27. The first-order chi connectivity index (χ1) is 7.61. The van der Waals surface area contributed by atoms with Crippen LogP contribution in [0.4, 0.5) is 0 Å². The lowest BCUT2D eigenvalue weighted by Crippen LogP contribution is -2.48. The molecule has 1 aliphatic heterocycles. The standard InChI is InChI=1S/C13H25NOS/c1-10-4-3-5-12(11(10)2)14-8-13(15)6-7-16-9-13/h10-12,14-15H,3-9H2,1-2H3/t10-,11-,12+,13-/m1/s1. The van der Waals surface area contributed by atoms with Crippen molar-refractivity contribution in [2.24, 2.45) is 11.8 Å². The Bertz CT molecular complexity index is 228. The number of hydrogen-bond acceptors (Lipinski definition) is 3. The predicted molar refractivity (Wildman–Crippen MR) is 70.9 cm³/mol. The van der Waals surface area contributed by atoms with Gasteiger partial charge in [0.05, 0.1) is 5.60 Å². The normalized spacial score (nSPS) is 44.8. The van der Waals surface area contributed by atoms with Crippen molar-refractivity contribution in [3.63, 3.8) is 0 Å². The molecule has 0 spiro atoms. The van der Waals surface area contributed by atoms with Crippen LogP contribution in [0.25, 0.3) is 0 Å². The smallest absolute Gasteiger partial charge is 0.0869 e. The number of thioether (sulfide) groups is 1. The van der Waals surface area contributed by atoms with Crippen molar-refractivity contribution in [2.75, 3.05) is 18.1 Å². The molecular formula is C13H25NOS. The van der Waals surface area contributed by atoms with Gasteiger partial charge in [-0.15, -0.1) is 0 Å². The van der Waals surface area contributed by atoms with Crippen molar-refractivity contribution in [3.05, 3.63) is 0 Å². The molecule has 1 saturated heterocycles. The second-order valence-electron chi connectivity index (χ2n) is 5.78. The zero-order valence-electron chi connectivity index (χ0n) is 10.5. The maximum Gasteiger partial charge on any atom is 0.0869 e. The summed E-state index contributed by atoms with van der Waals surface area (Å²) in [5, 5.41) is 13.9. The summed E-state index contributed by atoms with van der Waals surface area (Å²) in [5.41, 5.74) is -0.426. The number of aliphatic hydroxyl groups is 1. The highest BCUT2D eigenvalue weighted by molar-refractivity contribution is 7.99. The topological polar surface area (TPSA) is 32.3 Å². The van der Waals surface area contributed by atoms with Gasteiger partial charge in [0.1, 0.15) is 0 Å².